The summed E-state index contributed by atoms with van der Waals surface area (Å²) in [6.07, 6.45) is 3.59. The summed E-state index contributed by atoms with van der Waals surface area (Å²) in [4.78, 5) is 15.5. The highest BCUT2D eigenvalue weighted by Crippen LogP contribution is 2.33. The Morgan fingerprint density at radius 3 is 2.65 bits per heavy atom. The third-order valence-electron chi connectivity index (χ3n) is 5.32. The van der Waals surface area contributed by atoms with Crippen molar-refractivity contribution < 1.29 is 9.90 Å². The van der Waals surface area contributed by atoms with Crippen LogP contribution in [-0.2, 0) is 17.8 Å². The molecule has 0 aliphatic heterocycles. The van der Waals surface area contributed by atoms with Crippen molar-refractivity contribution in [2.24, 2.45) is 0 Å². The normalized spacial score (nSPS) is 11.4. The Morgan fingerprint density at radius 1 is 1.00 bits per heavy atom. The number of aromatic nitrogens is 2. The number of nitrogens with zero attached hydrogens (tertiary/aromatic N) is 2. The molecule has 0 amide bonds. The molecule has 0 fully saturated rings. The molecule has 0 unspecified atom stereocenters. The van der Waals surface area contributed by atoms with Gasteiger partial charge in [-0.2, -0.15) is 0 Å². The second kappa shape index (κ2) is 8.00. The summed E-state index contributed by atoms with van der Waals surface area (Å²) in [7, 11) is 0. The van der Waals surface area contributed by atoms with Gasteiger partial charge in [-0.05, 0) is 69.4 Å². The van der Waals surface area contributed by atoms with Crippen LogP contribution in [0.15, 0.2) is 66.3 Å². The van der Waals surface area contributed by atoms with Gasteiger partial charge in [0.25, 0.3) is 0 Å². The maximum Gasteiger partial charge on any atom is 0.307 e. The van der Waals surface area contributed by atoms with Crippen LogP contribution >= 0.6 is 34.5 Å². The molecule has 5 rings (SSSR count). The third-order valence-corrected chi connectivity index (χ3v) is 6.78. The van der Waals surface area contributed by atoms with Gasteiger partial charge >= 0.3 is 5.97 Å². The van der Waals surface area contributed by atoms with E-state index in [-0.39, 0.29) is 6.42 Å². The minimum Gasteiger partial charge on any atom is -0.481 e. The highest BCUT2D eigenvalue weighted by Gasteiger charge is 2.15. The van der Waals surface area contributed by atoms with Crippen LogP contribution in [0.5, 0.6) is 0 Å². The number of thiophene rings is 1. The largest absolute Gasteiger partial charge is 0.481 e. The molecule has 0 bridgehead atoms. The summed E-state index contributed by atoms with van der Waals surface area (Å²) < 4.78 is 3.29. The summed E-state index contributed by atoms with van der Waals surface area (Å²) in [5.41, 5.74) is 4.87. The molecule has 0 aliphatic rings. The van der Waals surface area contributed by atoms with Crippen LogP contribution in [0.3, 0.4) is 0 Å². The number of hydrogen-bond donors (Lipinski definition) is 1. The van der Waals surface area contributed by atoms with Crippen molar-refractivity contribution in [3.05, 3.63) is 87.6 Å². The van der Waals surface area contributed by atoms with Crippen LogP contribution in [0, 0.1) is 0 Å². The summed E-state index contributed by atoms with van der Waals surface area (Å²) in [6.45, 7) is 0.622. The topological polar surface area (TPSA) is 55.1 Å². The monoisotopic (exact) mass is 466 g/mol. The Balaban J connectivity index is 1.65. The maximum absolute atomic E-state index is 11.4. The van der Waals surface area contributed by atoms with E-state index in [0.717, 1.165) is 38.5 Å². The highest BCUT2D eigenvalue weighted by molar-refractivity contribution is 7.17. The van der Waals surface area contributed by atoms with Gasteiger partial charge in [-0.3, -0.25) is 4.79 Å². The van der Waals surface area contributed by atoms with Crippen LogP contribution < -0.4 is 0 Å². The molecule has 7 heteroatoms. The molecule has 2 aromatic carbocycles. The van der Waals surface area contributed by atoms with E-state index in [1.807, 2.05) is 48.7 Å². The molecule has 3 aromatic heterocycles. The number of aliphatic carboxylic acids is 1. The van der Waals surface area contributed by atoms with E-state index in [2.05, 4.69) is 21.0 Å². The number of carbonyl (C=O) groups is 1. The van der Waals surface area contributed by atoms with E-state index in [1.54, 1.807) is 17.5 Å². The zero-order valence-electron chi connectivity index (χ0n) is 16.2. The molecule has 3 heterocycles. The number of halogens is 2. The van der Waals surface area contributed by atoms with Crippen LogP contribution in [0.4, 0.5) is 0 Å². The lowest BCUT2D eigenvalue weighted by Crippen LogP contribution is -2.00. The SMILES string of the molecule is O=C(O)Cc1cn(Cc2csc3ccc(Cl)cc23)c2cc(-c3ccnc(Cl)c3)ccc12. The fraction of sp³-hybridized carbons (Fsp3) is 0.0833. The Labute approximate surface area is 192 Å². The van der Waals surface area contributed by atoms with Crippen molar-refractivity contribution in [1.82, 2.24) is 9.55 Å². The molecular weight excluding hydrogens is 451 g/mol. The Kier molecular flexibility index (Phi) is 5.18. The number of hydrogen-bond acceptors (Lipinski definition) is 3. The molecule has 5 aromatic rings. The van der Waals surface area contributed by atoms with Crippen molar-refractivity contribution in [2.45, 2.75) is 13.0 Å². The van der Waals surface area contributed by atoms with Crippen molar-refractivity contribution >= 4 is 61.5 Å². The molecule has 0 spiro atoms. The number of benzene rings is 2. The first-order valence-corrected chi connectivity index (χ1v) is 11.2. The van der Waals surface area contributed by atoms with E-state index >= 15 is 0 Å². The molecular formula is C24H16Cl2N2O2S. The molecule has 1 N–H and O–H groups in total. The smallest absolute Gasteiger partial charge is 0.307 e. The predicted octanol–water partition coefficient (Wildman–Crippen LogP) is 6.90. The van der Waals surface area contributed by atoms with Gasteiger partial charge in [0.1, 0.15) is 5.15 Å². The van der Waals surface area contributed by atoms with Gasteiger partial charge in [0, 0.05) is 39.6 Å². The highest BCUT2D eigenvalue weighted by atomic mass is 35.5. The Bertz CT molecular complexity index is 1460. The summed E-state index contributed by atoms with van der Waals surface area (Å²) in [6, 6.07) is 15.7. The number of pyridine rings is 1. The van der Waals surface area contributed by atoms with Gasteiger partial charge in [0.15, 0.2) is 0 Å². The molecule has 0 radical (unpaired) electrons. The van der Waals surface area contributed by atoms with E-state index in [4.69, 9.17) is 23.2 Å². The number of fused-ring (bicyclic) bond motifs is 2. The molecule has 0 atom stereocenters. The number of carboxylic acids is 1. The van der Waals surface area contributed by atoms with Crippen molar-refractivity contribution in [3.8, 4) is 11.1 Å². The quantitative estimate of drug-likeness (QED) is 0.286. The first-order valence-electron chi connectivity index (χ1n) is 9.59. The standard InChI is InChI=1S/C24H16Cl2N2O2S/c25-18-2-4-22-20(10-18)17(13-31-22)12-28-11-16(9-24(29)30)19-3-1-14(7-21(19)28)15-5-6-27-23(26)8-15/h1-8,10-11,13H,9,12H2,(H,29,30). The molecule has 31 heavy (non-hydrogen) atoms. The van der Waals surface area contributed by atoms with Crippen LogP contribution in [0.25, 0.3) is 32.1 Å². The average Bonchev–Trinajstić information content (AvgIpc) is 3.29. The van der Waals surface area contributed by atoms with E-state index < -0.39 is 5.97 Å². The second-order valence-corrected chi connectivity index (χ2v) is 9.09. The minimum atomic E-state index is -0.850. The predicted molar refractivity (Wildman–Crippen MR) is 127 cm³/mol. The van der Waals surface area contributed by atoms with Gasteiger partial charge in [-0.25, -0.2) is 4.98 Å². The van der Waals surface area contributed by atoms with Crippen molar-refractivity contribution in [3.63, 3.8) is 0 Å². The van der Waals surface area contributed by atoms with Crippen LogP contribution in [0.2, 0.25) is 10.2 Å². The third kappa shape index (κ3) is 3.92. The molecule has 0 aliphatic carbocycles. The minimum absolute atomic E-state index is 0.0276. The zero-order chi connectivity index (χ0) is 21.5. The molecule has 0 saturated carbocycles. The zero-order valence-corrected chi connectivity index (χ0v) is 18.5. The number of rotatable bonds is 5. The molecule has 0 saturated heterocycles. The Morgan fingerprint density at radius 2 is 1.84 bits per heavy atom. The lowest BCUT2D eigenvalue weighted by atomic mass is 10.0. The molecule has 4 nitrogen and oxygen atoms in total. The van der Waals surface area contributed by atoms with Gasteiger partial charge < -0.3 is 9.67 Å². The first kappa shape index (κ1) is 20.1. The average molecular weight is 467 g/mol. The maximum atomic E-state index is 11.4. The number of carboxylic acid groups (broad SMARTS) is 1. The van der Waals surface area contributed by atoms with E-state index in [1.165, 1.54) is 4.70 Å². The Hall–Kier alpha value is -2.86. The van der Waals surface area contributed by atoms with Crippen molar-refractivity contribution in [2.75, 3.05) is 0 Å². The van der Waals surface area contributed by atoms with Crippen LogP contribution in [0.1, 0.15) is 11.1 Å². The lowest BCUT2D eigenvalue weighted by Gasteiger charge is -2.08. The van der Waals surface area contributed by atoms with Gasteiger partial charge in [0.2, 0.25) is 0 Å². The van der Waals surface area contributed by atoms with Crippen molar-refractivity contribution in [1.29, 1.82) is 0 Å². The van der Waals surface area contributed by atoms with E-state index in [0.29, 0.717) is 16.7 Å². The fourth-order valence-corrected chi connectivity index (χ4v) is 5.20. The van der Waals surface area contributed by atoms with E-state index in [9.17, 15) is 9.90 Å². The fourth-order valence-electron chi connectivity index (χ4n) is 3.92. The summed E-state index contributed by atoms with van der Waals surface area (Å²) >= 11 is 14.0. The van der Waals surface area contributed by atoms with Crippen LogP contribution in [-0.4, -0.2) is 20.6 Å². The summed E-state index contributed by atoms with van der Waals surface area (Å²) in [5.74, 6) is -0.850. The molecule has 154 valence electrons. The first-order chi connectivity index (χ1) is 15.0. The van der Waals surface area contributed by atoms with Gasteiger partial charge in [-0.15, -0.1) is 11.3 Å². The summed E-state index contributed by atoms with van der Waals surface area (Å²) in [5, 5.41) is 14.7. The van der Waals surface area contributed by atoms with Gasteiger partial charge in [0.05, 0.1) is 6.42 Å². The van der Waals surface area contributed by atoms with Gasteiger partial charge in [-0.1, -0.05) is 35.3 Å². The lowest BCUT2D eigenvalue weighted by molar-refractivity contribution is -0.136. The second-order valence-electron chi connectivity index (χ2n) is 7.35.